The second-order valence-corrected chi connectivity index (χ2v) is 6.43. The van der Waals surface area contributed by atoms with Gasteiger partial charge in [-0.15, -0.1) is 10.2 Å². The first-order valence-corrected chi connectivity index (χ1v) is 8.22. The number of halogens is 1. The molecule has 0 spiro atoms. The summed E-state index contributed by atoms with van der Waals surface area (Å²) in [5.74, 6) is -0.215. The molecule has 124 valence electrons. The molecule has 2 aromatic rings. The summed E-state index contributed by atoms with van der Waals surface area (Å²) >= 11 is 3.46. The van der Waals surface area contributed by atoms with Gasteiger partial charge in [-0.2, -0.15) is 0 Å². The van der Waals surface area contributed by atoms with Crippen LogP contribution in [0.1, 0.15) is 22.5 Å². The van der Waals surface area contributed by atoms with Gasteiger partial charge < -0.3 is 16.0 Å². The molecule has 2 heterocycles. The van der Waals surface area contributed by atoms with Crippen LogP contribution in [-0.4, -0.2) is 34.6 Å². The van der Waals surface area contributed by atoms with E-state index in [2.05, 4.69) is 31.4 Å². The van der Waals surface area contributed by atoms with Crippen LogP contribution in [0.25, 0.3) is 0 Å². The number of aromatic nitrogens is 2. The molecule has 3 rings (SSSR count). The Morgan fingerprint density at radius 2 is 2.12 bits per heavy atom. The van der Waals surface area contributed by atoms with Crippen LogP contribution in [0.2, 0.25) is 0 Å². The van der Waals surface area contributed by atoms with E-state index >= 15 is 0 Å². The summed E-state index contributed by atoms with van der Waals surface area (Å²) < 4.78 is 1.01. The molecule has 3 N–H and O–H groups in total. The minimum atomic E-state index is -0.636. The van der Waals surface area contributed by atoms with Crippen LogP contribution < -0.4 is 16.0 Å². The summed E-state index contributed by atoms with van der Waals surface area (Å²) in [6, 6.07) is 8.53. The van der Waals surface area contributed by atoms with E-state index in [1.54, 1.807) is 11.0 Å². The van der Waals surface area contributed by atoms with E-state index in [1.165, 1.54) is 6.07 Å². The quantitative estimate of drug-likeness (QED) is 0.830. The molecule has 8 heteroatoms. The highest BCUT2D eigenvalue weighted by molar-refractivity contribution is 9.10. The van der Waals surface area contributed by atoms with Gasteiger partial charge in [0.05, 0.1) is 0 Å². The standard InChI is InChI=1S/C16H16BrN5O2/c1-9-8-10(2-3-11(9)17)22-7-6-13(16(22)24)19-14-5-4-12(15(18)23)20-21-14/h2-5,8,13H,6-7H2,1H3,(H2,18,23)(H,19,21). The molecule has 0 saturated carbocycles. The lowest BCUT2D eigenvalue weighted by molar-refractivity contribution is -0.117. The Balaban J connectivity index is 1.71. The van der Waals surface area contributed by atoms with E-state index in [0.717, 1.165) is 15.7 Å². The van der Waals surface area contributed by atoms with Gasteiger partial charge in [-0.1, -0.05) is 15.9 Å². The number of anilines is 2. The molecular formula is C16H16BrN5O2. The number of primary amides is 1. The third-order valence-corrected chi connectivity index (χ3v) is 4.79. The topological polar surface area (TPSA) is 101 Å². The number of carbonyl (C=O) groups excluding carboxylic acids is 2. The monoisotopic (exact) mass is 389 g/mol. The van der Waals surface area contributed by atoms with E-state index in [4.69, 9.17) is 5.73 Å². The van der Waals surface area contributed by atoms with Gasteiger partial charge >= 0.3 is 0 Å². The number of carbonyl (C=O) groups is 2. The zero-order valence-electron chi connectivity index (χ0n) is 13.0. The van der Waals surface area contributed by atoms with Crippen molar-refractivity contribution >= 4 is 39.2 Å². The average molecular weight is 390 g/mol. The number of nitrogens with two attached hydrogens (primary N) is 1. The largest absolute Gasteiger partial charge is 0.364 e. The Hall–Kier alpha value is -2.48. The molecule has 1 aliphatic rings. The molecule has 1 unspecified atom stereocenters. The number of aryl methyl sites for hydroxylation is 1. The van der Waals surface area contributed by atoms with E-state index in [0.29, 0.717) is 18.8 Å². The first kappa shape index (κ1) is 16.4. The van der Waals surface area contributed by atoms with Gasteiger partial charge in [0.2, 0.25) is 5.91 Å². The molecule has 0 bridgehead atoms. The molecule has 0 aliphatic carbocycles. The fraction of sp³-hybridized carbons (Fsp3) is 0.250. The first-order valence-electron chi connectivity index (χ1n) is 7.43. The Labute approximate surface area is 147 Å². The maximum atomic E-state index is 12.6. The number of nitrogens with one attached hydrogen (secondary N) is 1. The van der Waals surface area contributed by atoms with E-state index in [-0.39, 0.29) is 17.6 Å². The minimum absolute atomic E-state index is 0.0162. The number of amides is 2. The molecule has 1 aliphatic heterocycles. The number of hydrogen-bond acceptors (Lipinski definition) is 5. The molecule has 1 aromatic carbocycles. The third kappa shape index (κ3) is 3.23. The summed E-state index contributed by atoms with van der Waals surface area (Å²) in [6.07, 6.45) is 0.660. The van der Waals surface area contributed by atoms with Gasteiger partial charge in [0.25, 0.3) is 5.91 Å². The summed E-state index contributed by atoms with van der Waals surface area (Å²) in [4.78, 5) is 25.4. The van der Waals surface area contributed by atoms with Gasteiger partial charge in [-0.3, -0.25) is 9.59 Å². The molecule has 24 heavy (non-hydrogen) atoms. The van der Waals surface area contributed by atoms with Crippen molar-refractivity contribution in [3.63, 3.8) is 0 Å². The van der Waals surface area contributed by atoms with E-state index in [9.17, 15) is 9.59 Å². The highest BCUT2D eigenvalue weighted by atomic mass is 79.9. The van der Waals surface area contributed by atoms with Crippen LogP contribution in [0.3, 0.4) is 0 Å². The van der Waals surface area contributed by atoms with E-state index in [1.807, 2.05) is 25.1 Å². The van der Waals surface area contributed by atoms with Crippen LogP contribution in [0.5, 0.6) is 0 Å². The van der Waals surface area contributed by atoms with Crippen molar-refractivity contribution in [1.82, 2.24) is 10.2 Å². The normalized spacial score (nSPS) is 17.2. The lowest BCUT2D eigenvalue weighted by Crippen LogP contribution is -2.33. The average Bonchev–Trinajstić information content (AvgIpc) is 2.91. The van der Waals surface area contributed by atoms with Crippen LogP contribution in [-0.2, 0) is 4.79 Å². The number of hydrogen-bond donors (Lipinski definition) is 2. The van der Waals surface area contributed by atoms with Crippen LogP contribution in [0.4, 0.5) is 11.5 Å². The Bertz CT molecular complexity index is 794. The summed E-state index contributed by atoms with van der Waals surface area (Å²) in [5.41, 5.74) is 7.17. The van der Waals surface area contributed by atoms with Gasteiger partial charge in [-0.05, 0) is 49.2 Å². The van der Waals surface area contributed by atoms with Crippen molar-refractivity contribution in [1.29, 1.82) is 0 Å². The van der Waals surface area contributed by atoms with Gasteiger partial charge in [0.1, 0.15) is 11.9 Å². The van der Waals surface area contributed by atoms with Gasteiger partial charge in [-0.25, -0.2) is 0 Å². The lowest BCUT2D eigenvalue weighted by Gasteiger charge is -2.18. The van der Waals surface area contributed by atoms with Crippen LogP contribution in [0.15, 0.2) is 34.8 Å². The smallest absolute Gasteiger partial charge is 0.269 e. The third-order valence-electron chi connectivity index (χ3n) is 3.90. The fourth-order valence-electron chi connectivity index (χ4n) is 2.59. The summed E-state index contributed by atoms with van der Waals surface area (Å²) in [6.45, 7) is 2.62. The zero-order valence-corrected chi connectivity index (χ0v) is 14.6. The molecule has 1 saturated heterocycles. The summed E-state index contributed by atoms with van der Waals surface area (Å²) in [7, 11) is 0. The molecule has 2 amide bonds. The Kier molecular flexibility index (Phi) is 4.48. The zero-order chi connectivity index (χ0) is 17.3. The number of benzene rings is 1. The molecule has 7 nitrogen and oxygen atoms in total. The second-order valence-electron chi connectivity index (χ2n) is 5.58. The molecule has 1 atom stereocenters. The van der Waals surface area contributed by atoms with Crippen molar-refractivity contribution in [2.45, 2.75) is 19.4 Å². The van der Waals surface area contributed by atoms with Gasteiger partial charge in [0.15, 0.2) is 5.69 Å². The predicted octanol–water partition coefficient (Wildman–Crippen LogP) is 1.86. The SMILES string of the molecule is Cc1cc(N2CCC(Nc3ccc(C(N)=O)nn3)C2=O)ccc1Br. The first-order chi connectivity index (χ1) is 11.5. The Morgan fingerprint density at radius 1 is 1.33 bits per heavy atom. The molecule has 1 aromatic heterocycles. The predicted molar refractivity (Wildman–Crippen MR) is 93.8 cm³/mol. The number of nitrogens with zero attached hydrogens (tertiary/aromatic N) is 3. The maximum absolute atomic E-state index is 12.6. The van der Waals surface area contributed by atoms with Crippen molar-refractivity contribution in [3.8, 4) is 0 Å². The minimum Gasteiger partial charge on any atom is -0.364 e. The van der Waals surface area contributed by atoms with Crippen molar-refractivity contribution in [2.24, 2.45) is 5.73 Å². The van der Waals surface area contributed by atoms with E-state index < -0.39 is 5.91 Å². The van der Waals surface area contributed by atoms with Gasteiger partial charge in [0, 0.05) is 16.7 Å². The van der Waals surface area contributed by atoms with Crippen molar-refractivity contribution in [2.75, 3.05) is 16.8 Å². The van der Waals surface area contributed by atoms with Crippen molar-refractivity contribution in [3.05, 3.63) is 46.1 Å². The lowest BCUT2D eigenvalue weighted by atomic mass is 10.2. The van der Waals surface area contributed by atoms with Crippen molar-refractivity contribution < 1.29 is 9.59 Å². The Morgan fingerprint density at radius 3 is 2.75 bits per heavy atom. The molecule has 0 radical (unpaired) electrons. The maximum Gasteiger partial charge on any atom is 0.269 e. The molecular weight excluding hydrogens is 374 g/mol. The molecule has 1 fully saturated rings. The van der Waals surface area contributed by atoms with Crippen LogP contribution >= 0.6 is 15.9 Å². The number of rotatable bonds is 4. The highest BCUT2D eigenvalue weighted by Gasteiger charge is 2.32. The van der Waals surface area contributed by atoms with Crippen LogP contribution in [0, 0.1) is 6.92 Å². The second kappa shape index (κ2) is 6.56. The highest BCUT2D eigenvalue weighted by Crippen LogP contribution is 2.27. The fourth-order valence-corrected chi connectivity index (χ4v) is 2.83. The summed E-state index contributed by atoms with van der Waals surface area (Å²) in [5, 5.41) is 10.7.